The molecule has 8 unspecified atom stereocenters. The number of aromatic hydroxyl groups is 1. The third-order valence-corrected chi connectivity index (χ3v) is 10.5. The van der Waals surface area contributed by atoms with Gasteiger partial charge in [0.15, 0.2) is 12.0 Å². The van der Waals surface area contributed by atoms with Crippen molar-refractivity contribution in [3.63, 3.8) is 0 Å². The van der Waals surface area contributed by atoms with Gasteiger partial charge in [0.25, 0.3) is 0 Å². The van der Waals surface area contributed by atoms with Crippen LogP contribution in [0.2, 0.25) is 0 Å². The third kappa shape index (κ3) is 9.79. The molecule has 14 N–H and O–H groups in total. The first-order chi connectivity index (χ1) is 26.1. The summed E-state index contributed by atoms with van der Waals surface area (Å²) in [6.45, 7) is 2.95. The van der Waals surface area contributed by atoms with E-state index in [1.54, 1.807) is 0 Å². The van der Waals surface area contributed by atoms with E-state index in [9.17, 15) is 74.7 Å². The highest BCUT2D eigenvalue weighted by Crippen LogP contribution is 2.30. The average Bonchev–Trinajstić information content (AvgIpc) is 3.68. The number of hydrogen-bond acceptors (Lipinski definition) is 16. The van der Waals surface area contributed by atoms with Gasteiger partial charge in [-0.05, 0) is 31.5 Å². The summed E-state index contributed by atoms with van der Waals surface area (Å²) in [5.74, 6) is -9.57. The van der Waals surface area contributed by atoms with Crippen molar-refractivity contribution in [1.82, 2.24) is 25.8 Å². The van der Waals surface area contributed by atoms with Gasteiger partial charge in [0.1, 0.15) is 36.1 Å². The van der Waals surface area contributed by atoms with E-state index in [2.05, 4.69) is 16.0 Å². The maximum Gasteiger partial charge on any atom is 0.248 e. The number of phenols is 1. The lowest BCUT2D eigenvalue weighted by atomic mass is 9.86. The number of nitrogens with zero attached hydrogens (tertiary/aromatic N) is 2. The smallest absolute Gasteiger partial charge is 0.248 e. The molecule has 1 aromatic carbocycles. The Morgan fingerprint density at radius 3 is 1.88 bits per heavy atom. The molecule has 0 radical (unpaired) electrons. The van der Waals surface area contributed by atoms with E-state index in [0.717, 1.165) is 23.6 Å². The minimum atomic E-state index is -2.13. The van der Waals surface area contributed by atoms with Crippen LogP contribution in [0, 0.1) is 11.8 Å². The predicted molar refractivity (Wildman–Crippen MR) is 189 cm³/mol. The fourth-order valence-electron chi connectivity index (χ4n) is 7.20. The van der Waals surface area contributed by atoms with Crippen molar-refractivity contribution in [1.29, 1.82) is 0 Å². The molecule has 0 aliphatic carbocycles. The number of rotatable bonds is 5. The first-order valence-electron chi connectivity index (χ1n) is 18.2. The molecule has 312 valence electrons. The maximum absolute atomic E-state index is 14.1. The summed E-state index contributed by atoms with van der Waals surface area (Å²) in [6.07, 6.45) is -16.3. The Hall–Kier alpha value is -4.32. The van der Waals surface area contributed by atoms with Crippen LogP contribution in [0.3, 0.4) is 0 Å². The van der Waals surface area contributed by atoms with Crippen molar-refractivity contribution in [2.75, 3.05) is 13.1 Å². The average molecular weight is 797 g/mol. The van der Waals surface area contributed by atoms with Gasteiger partial charge in [-0.15, -0.1) is 0 Å². The Morgan fingerprint density at radius 2 is 1.30 bits per heavy atom. The number of benzene rings is 1. The van der Waals surface area contributed by atoms with Crippen LogP contribution < -0.4 is 21.7 Å². The quantitative estimate of drug-likeness (QED) is 0.132. The number of aliphatic hydroxyl groups is 8. The van der Waals surface area contributed by atoms with Gasteiger partial charge in [-0.2, -0.15) is 0 Å². The Bertz CT molecular complexity index is 1610. The van der Waals surface area contributed by atoms with E-state index >= 15 is 0 Å². The van der Waals surface area contributed by atoms with E-state index in [-0.39, 0.29) is 24.3 Å². The number of nitrogens with two attached hydrogens (primary N) is 1. The molecule has 21 heteroatoms. The number of amides is 5. The molecular weight excluding hydrogens is 744 g/mol. The summed E-state index contributed by atoms with van der Waals surface area (Å²) in [7, 11) is 0. The van der Waals surface area contributed by atoms with E-state index in [0.29, 0.717) is 0 Å². The normalized spacial score (nSPS) is 35.3. The van der Waals surface area contributed by atoms with Crippen LogP contribution in [0.4, 0.5) is 0 Å². The molecule has 5 amide bonds. The van der Waals surface area contributed by atoms with E-state index < -0.39 is 146 Å². The number of hydrogen-bond donors (Lipinski definition) is 13. The summed E-state index contributed by atoms with van der Waals surface area (Å²) >= 11 is 0. The van der Waals surface area contributed by atoms with Crippen LogP contribution in [-0.4, -0.2) is 177 Å². The number of carbonyl (C=O) groups excluding carboxylic acids is 6. The number of carbonyl (C=O) groups is 6. The minimum absolute atomic E-state index is 0.0101. The Morgan fingerprint density at radius 1 is 0.750 bits per heavy atom. The zero-order valence-electron chi connectivity index (χ0n) is 31.0. The summed E-state index contributed by atoms with van der Waals surface area (Å²) in [5.41, 5.74) is 5.93. The molecule has 3 saturated heterocycles. The highest BCUT2D eigenvalue weighted by Gasteiger charge is 2.50. The van der Waals surface area contributed by atoms with Gasteiger partial charge < -0.3 is 77.4 Å². The molecular formula is C35H52N6O15. The lowest BCUT2D eigenvalue weighted by Crippen LogP contribution is -2.61. The molecule has 21 nitrogen and oxygen atoms in total. The molecule has 3 aliphatic rings. The largest absolute Gasteiger partial charge is 0.508 e. The van der Waals surface area contributed by atoms with E-state index in [1.807, 2.05) is 0 Å². The lowest BCUT2D eigenvalue weighted by molar-refractivity contribution is -0.149. The Kier molecular flexibility index (Phi) is 14.5. The van der Waals surface area contributed by atoms with Crippen LogP contribution in [0.15, 0.2) is 24.3 Å². The number of phenolic OH excluding ortho intramolecular Hbond substituents is 1. The monoisotopic (exact) mass is 796 g/mol. The zero-order valence-corrected chi connectivity index (χ0v) is 31.0. The molecule has 0 bridgehead atoms. The van der Waals surface area contributed by atoms with Gasteiger partial charge in [-0.1, -0.05) is 19.1 Å². The zero-order chi connectivity index (χ0) is 41.9. The Balaban J connectivity index is 1.80. The highest BCUT2D eigenvalue weighted by atomic mass is 16.3. The maximum atomic E-state index is 14.1. The van der Waals surface area contributed by atoms with Crippen LogP contribution in [0.25, 0.3) is 0 Å². The van der Waals surface area contributed by atoms with Gasteiger partial charge >= 0.3 is 0 Å². The second-order valence-corrected chi connectivity index (χ2v) is 14.9. The standard InChI is InChI=1S/C35H52N6O15/c1-13-11-41-26(27(13)48)33(54)39-32(53)23(47)10-20(36)31(52)38-24(14(2)42)34(55)40-12-18(45)8-21(40)22(46)9-19(30(51)37-25(15(3)43)35(41)56)29(50)28(49)16-4-6-17(44)7-5-16/h4-7,13-15,18-21,23-29,32,42-45,47-50,53H,8-12,36H2,1-3H3,(H,37,51)(H,38,52)(H,39,54)/t13?,14?,15?,18?,19-,20+,21-,23+,24-,25-,26-,27?,28?,29?,32?/m0/s1. The highest BCUT2D eigenvalue weighted by molar-refractivity contribution is 5.97. The van der Waals surface area contributed by atoms with Crippen molar-refractivity contribution in [2.24, 2.45) is 17.6 Å². The number of aliphatic hydroxyl groups excluding tert-OH is 8. The van der Waals surface area contributed by atoms with Crippen molar-refractivity contribution >= 4 is 35.3 Å². The first-order valence-corrected chi connectivity index (χ1v) is 18.2. The fourth-order valence-corrected chi connectivity index (χ4v) is 7.20. The number of nitrogens with one attached hydrogen (secondary N) is 3. The third-order valence-electron chi connectivity index (χ3n) is 10.5. The van der Waals surface area contributed by atoms with E-state index in [4.69, 9.17) is 5.73 Å². The molecule has 56 heavy (non-hydrogen) atoms. The summed E-state index contributed by atoms with van der Waals surface area (Å²) in [5, 5.41) is 103. The molecule has 3 fully saturated rings. The predicted octanol–water partition coefficient (Wildman–Crippen LogP) is -6.21. The fraction of sp³-hybridized carbons (Fsp3) is 0.657. The number of ketones is 1. The first kappa shape index (κ1) is 44.4. The van der Waals surface area contributed by atoms with Gasteiger partial charge in [0, 0.05) is 38.3 Å². The van der Waals surface area contributed by atoms with Gasteiger partial charge in [0.2, 0.25) is 29.5 Å². The van der Waals surface area contributed by atoms with Crippen molar-refractivity contribution in [3.05, 3.63) is 29.8 Å². The molecule has 4 rings (SSSR count). The molecule has 3 aliphatic heterocycles. The number of fused-ring (bicyclic) bond motifs is 2. The van der Waals surface area contributed by atoms with Crippen LogP contribution >= 0.6 is 0 Å². The summed E-state index contributed by atoms with van der Waals surface area (Å²) in [4.78, 5) is 84.2. The SMILES string of the molecule is CC1CN2C(=O)[C@H](C(C)O)NC(=O)[C@H](C(O)C(O)c3ccc(O)cc3)CC(=O)[C@@H]3CC(O)CN3C(=O)[C@H](C(C)O)NC(=O)[C@H](N)C[C@@H](O)C(O)NC(=O)[C@@H]2C1O. The topological polar surface area (TPSA) is 353 Å². The van der Waals surface area contributed by atoms with Gasteiger partial charge in [0.05, 0.1) is 48.5 Å². The molecule has 0 saturated carbocycles. The van der Waals surface area contributed by atoms with Crippen molar-refractivity contribution in [2.45, 2.75) is 119 Å². The molecule has 15 atom stereocenters. The number of Topliss-reactive ketones (excluding diaryl/α,β-unsaturated/α-hetero) is 1. The second-order valence-electron chi connectivity index (χ2n) is 14.9. The van der Waals surface area contributed by atoms with E-state index in [1.165, 1.54) is 31.2 Å². The lowest BCUT2D eigenvalue weighted by Gasteiger charge is -2.33. The van der Waals surface area contributed by atoms with Crippen LogP contribution in [0.5, 0.6) is 5.75 Å². The van der Waals surface area contributed by atoms with Gasteiger partial charge in [-0.3, -0.25) is 28.8 Å². The molecule has 0 spiro atoms. The molecule has 0 aromatic heterocycles. The summed E-state index contributed by atoms with van der Waals surface area (Å²) in [6, 6.07) is -3.79. The molecule has 1 aromatic rings. The second kappa shape index (κ2) is 18.3. The molecule has 3 heterocycles. The van der Waals surface area contributed by atoms with Crippen LogP contribution in [0.1, 0.15) is 51.7 Å². The summed E-state index contributed by atoms with van der Waals surface area (Å²) < 4.78 is 0. The van der Waals surface area contributed by atoms with Crippen molar-refractivity contribution < 1.29 is 74.7 Å². The minimum Gasteiger partial charge on any atom is -0.508 e. The van der Waals surface area contributed by atoms with Crippen molar-refractivity contribution in [3.8, 4) is 5.75 Å². The van der Waals surface area contributed by atoms with Crippen LogP contribution in [-0.2, 0) is 28.8 Å². The Labute approximate surface area is 321 Å². The van der Waals surface area contributed by atoms with Gasteiger partial charge in [-0.25, -0.2) is 0 Å².